The molecule has 0 saturated carbocycles. The molecule has 1 N–H and O–H groups in total. The van der Waals surface area contributed by atoms with Gasteiger partial charge in [-0.05, 0) is 72.8 Å². The first-order chi connectivity index (χ1) is 14.0. The Bertz CT molecular complexity index is 869. The minimum Gasteiger partial charge on any atom is -0.493 e. The molecule has 1 heterocycles. The van der Waals surface area contributed by atoms with E-state index in [1.165, 1.54) is 28.7 Å². The van der Waals surface area contributed by atoms with Gasteiger partial charge in [0.1, 0.15) is 5.75 Å². The first-order valence-electron chi connectivity index (χ1n) is 11.2. The van der Waals surface area contributed by atoms with E-state index in [1.807, 2.05) is 6.92 Å². The number of ether oxygens (including phenoxy) is 1. The van der Waals surface area contributed by atoms with Gasteiger partial charge >= 0.3 is 0 Å². The second-order valence-corrected chi connectivity index (χ2v) is 9.09. The van der Waals surface area contributed by atoms with Crippen LogP contribution in [0.3, 0.4) is 0 Å². The van der Waals surface area contributed by atoms with Gasteiger partial charge in [-0.3, -0.25) is 4.79 Å². The number of hydrogen-bond donors (Lipinski definition) is 1. The maximum Gasteiger partial charge on any atom is 0.227 e. The molecule has 2 atom stereocenters. The zero-order valence-electron chi connectivity index (χ0n) is 18.0. The van der Waals surface area contributed by atoms with Crippen LogP contribution in [0.5, 0.6) is 5.75 Å². The van der Waals surface area contributed by atoms with Gasteiger partial charge in [-0.25, -0.2) is 0 Å². The fourth-order valence-electron chi connectivity index (χ4n) is 4.93. The van der Waals surface area contributed by atoms with Crippen LogP contribution in [-0.4, -0.2) is 19.1 Å². The predicted molar refractivity (Wildman–Crippen MR) is 118 cm³/mol. The maximum atomic E-state index is 12.7. The Balaban J connectivity index is 1.32. The normalized spacial score (nSPS) is 18.3. The molecule has 4 rings (SSSR count). The topological polar surface area (TPSA) is 38.3 Å². The summed E-state index contributed by atoms with van der Waals surface area (Å²) in [6.45, 7) is 8.01. The number of carbonyl (C=O) groups is 1. The molecule has 29 heavy (non-hydrogen) atoms. The molecule has 3 heteroatoms. The Morgan fingerprint density at radius 1 is 1.10 bits per heavy atom. The molecule has 2 aromatic carbocycles. The number of hydrogen-bond acceptors (Lipinski definition) is 2. The van der Waals surface area contributed by atoms with Crippen molar-refractivity contribution in [3.8, 4) is 5.75 Å². The fourth-order valence-corrected chi connectivity index (χ4v) is 4.93. The van der Waals surface area contributed by atoms with E-state index in [1.54, 1.807) is 0 Å². The number of amides is 1. The molecule has 0 bridgehead atoms. The van der Waals surface area contributed by atoms with Gasteiger partial charge in [0.25, 0.3) is 0 Å². The lowest BCUT2D eigenvalue weighted by atomic mass is 9.91. The summed E-state index contributed by atoms with van der Waals surface area (Å²) >= 11 is 0. The van der Waals surface area contributed by atoms with Crippen molar-refractivity contribution in [1.82, 2.24) is 5.32 Å². The van der Waals surface area contributed by atoms with Crippen LogP contribution in [-0.2, 0) is 24.1 Å². The third-order valence-corrected chi connectivity index (χ3v) is 6.49. The Morgan fingerprint density at radius 2 is 1.90 bits per heavy atom. The molecule has 0 saturated heterocycles. The molecule has 1 aliphatic carbocycles. The lowest BCUT2D eigenvalue weighted by Gasteiger charge is -2.17. The highest BCUT2D eigenvalue weighted by Gasteiger charge is 2.29. The molecule has 2 aromatic rings. The summed E-state index contributed by atoms with van der Waals surface area (Å²) < 4.78 is 5.75. The van der Waals surface area contributed by atoms with Crippen molar-refractivity contribution in [1.29, 1.82) is 0 Å². The van der Waals surface area contributed by atoms with Crippen molar-refractivity contribution in [3.05, 3.63) is 64.2 Å². The molecule has 0 fully saturated rings. The summed E-state index contributed by atoms with van der Waals surface area (Å²) in [5.41, 5.74) is 6.86. The molecular formula is C26H33NO2. The predicted octanol–water partition coefficient (Wildman–Crippen LogP) is 5.16. The summed E-state index contributed by atoms with van der Waals surface area (Å²) in [6.07, 6.45) is 5.47. The zero-order chi connectivity index (χ0) is 20.4. The van der Waals surface area contributed by atoms with Crippen LogP contribution in [0.25, 0.3) is 0 Å². The standard InChI is InChI=1S/C26H33NO2/c1-17(2)16-19-4-6-20(7-5-19)18(3)26(28)27-14-12-22-9-8-21-10-11-24-23(25(21)22)13-15-29-24/h4-7,10-11,17-18,22H,8-9,12-16H2,1-3H3,(H,27,28)/t18-,22+/m1/s1. The lowest BCUT2D eigenvalue weighted by Crippen LogP contribution is -2.29. The average Bonchev–Trinajstić information content (AvgIpc) is 3.34. The van der Waals surface area contributed by atoms with Crippen molar-refractivity contribution in [2.45, 2.75) is 64.7 Å². The smallest absolute Gasteiger partial charge is 0.227 e. The summed E-state index contributed by atoms with van der Waals surface area (Å²) in [7, 11) is 0. The van der Waals surface area contributed by atoms with Gasteiger partial charge in [-0.2, -0.15) is 0 Å². The van der Waals surface area contributed by atoms with Gasteiger partial charge in [0, 0.05) is 18.5 Å². The SMILES string of the molecule is CC(C)Cc1ccc([C@@H](C)C(=O)NCC[C@@H]2CCc3ccc4c(c32)CCO4)cc1. The number of rotatable bonds is 7. The van der Waals surface area contributed by atoms with Crippen LogP contribution in [0.1, 0.15) is 73.3 Å². The summed E-state index contributed by atoms with van der Waals surface area (Å²) in [6, 6.07) is 12.9. The van der Waals surface area contributed by atoms with E-state index < -0.39 is 0 Å². The van der Waals surface area contributed by atoms with E-state index in [0.717, 1.165) is 50.1 Å². The third-order valence-electron chi connectivity index (χ3n) is 6.49. The van der Waals surface area contributed by atoms with Gasteiger partial charge in [-0.1, -0.05) is 44.2 Å². The van der Waals surface area contributed by atoms with Gasteiger partial charge < -0.3 is 10.1 Å². The Kier molecular flexibility index (Phi) is 5.94. The minimum atomic E-state index is -0.114. The molecule has 154 valence electrons. The van der Waals surface area contributed by atoms with Crippen molar-refractivity contribution < 1.29 is 9.53 Å². The van der Waals surface area contributed by atoms with Gasteiger partial charge in [0.15, 0.2) is 0 Å². The lowest BCUT2D eigenvalue weighted by molar-refractivity contribution is -0.122. The summed E-state index contributed by atoms with van der Waals surface area (Å²) in [5, 5.41) is 3.18. The molecule has 0 spiro atoms. The maximum absolute atomic E-state index is 12.7. The number of nitrogens with one attached hydrogen (secondary N) is 1. The zero-order valence-corrected chi connectivity index (χ0v) is 18.0. The molecule has 0 aromatic heterocycles. The number of fused-ring (bicyclic) bond motifs is 3. The van der Waals surface area contributed by atoms with Crippen molar-refractivity contribution in [2.24, 2.45) is 5.92 Å². The minimum absolute atomic E-state index is 0.114. The largest absolute Gasteiger partial charge is 0.493 e. The highest BCUT2D eigenvalue weighted by molar-refractivity contribution is 5.83. The molecule has 0 radical (unpaired) electrons. The molecule has 3 nitrogen and oxygen atoms in total. The number of benzene rings is 2. The first kappa shape index (κ1) is 20.0. The third kappa shape index (κ3) is 4.34. The molecule has 1 aliphatic heterocycles. The van der Waals surface area contributed by atoms with Crippen molar-refractivity contribution >= 4 is 5.91 Å². The Morgan fingerprint density at radius 3 is 2.66 bits per heavy atom. The quantitative estimate of drug-likeness (QED) is 0.708. The second kappa shape index (κ2) is 8.61. The average molecular weight is 392 g/mol. The molecule has 0 unspecified atom stereocenters. The van der Waals surface area contributed by atoms with Gasteiger partial charge in [0.2, 0.25) is 5.91 Å². The fraction of sp³-hybridized carbons (Fsp3) is 0.500. The second-order valence-electron chi connectivity index (χ2n) is 9.09. The van der Waals surface area contributed by atoms with Crippen LogP contribution in [0.2, 0.25) is 0 Å². The first-order valence-corrected chi connectivity index (χ1v) is 11.2. The molecular weight excluding hydrogens is 358 g/mol. The Labute approximate surface area is 174 Å². The van der Waals surface area contributed by atoms with E-state index in [2.05, 4.69) is 55.6 Å². The van der Waals surface area contributed by atoms with E-state index in [-0.39, 0.29) is 11.8 Å². The van der Waals surface area contributed by atoms with Crippen molar-refractivity contribution in [2.75, 3.05) is 13.2 Å². The van der Waals surface area contributed by atoms with E-state index in [0.29, 0.717) is 11.8 Å². The van der Waals surface area contributed by atoms with E-state index >= 15 is 0 Å². The van der Waals surface area contributed by atoms with Crippen LogP contribution < -0.4 is 10.1 Å². The van der Waals surface area contributed by atoms with Crippen LogP contribution in [0.15, 0.2) is 36.4 Å². The van der Waals surface area contributed by atoms with Crippen molar-refractivity contribution in [3.63, 3.8) is 0 Å². The number of carbonyl (C=O) groups excluding carboxylic acids is 1. The Hall–Kier alpha value is -2.29. The van der Waals surface area contributed by atoms with E-state index in [9.17, 15) is 4.79 Å². The van der Waals surface area contributed by atoms with Crippen LogP contribution >= 0.6 is 0 Å². The van der Waals surface area contributed by atoms with Crippen LogP contribution in [0, 0.1) is 5.92 Å². The summed E-state index contributed by atoms with van der Waals surface area (Å²) in [4.78, 5) is 12.7. The van der Waals surface area contributed by atoms with E-state index in [4.69, 9.17) is 4.74 Å². The van der Waals surface area contributed by atoms with Gasteiger partial charge in [0.05, 0.1) is 12.5 Å². The highest BCUT2D eigenvalue weighted by Crippen LogP contribution is 2.43. The number of aryl methyl sites for hydroxylation is 1. The monoisotopic (exact) mass is 391 g/mol. The molecule has 2 aliphatic rings. The summed E-state index contributed by atoms with van der Waals surface area (Å²) in [5.74, 6) is 2.29. The highest BCUT2D eigenvalue weighted by atomic mass is 16.5. The van der Waals surface area contributed by atoms with Gasteiger partial charge in [-0.15, -0.1) is 0 Å². The van der Waals surface area contributed by atoms with Crippen LogP contribution in [0.4, 0.5) is 0 Å². The molecule has 1 amide bonds.